The van der Waals surface area contributed by atoms with Gasteiger partial charge in [-0.25, -0.2) is 13.2 Å². The van der Waals surface area contributed by atoms with Crippen LogP contribution in [0.25, 0.3) is 0 Å². The van der Waals surface area contributed by atoms with Crippen LogP contribution in [0.1, 0.15) is 69.0 Å². The summed E-state index contributed by atoms with van der Waals surface area (Å²) in [6, 6.07) is 18.1. The van der Waals surface area contributed by atoms with E-state index < -0.39 is 45.6 Å². The van der Waals surface area contributed by atoms with Crippen molar-refractivity contribution < 1.29 is 38.2 Å². The highest BCUT2D eigenvalue weighted by Gasteiger charge is 2.41. The van der Waals surface area contributed by atoms with Gasteiger partial charge in [0.1, 0.15) is 6.04 Å². The number of nitrogens with one attached hydrogen (secondary N) is 1. The molecule has 14 heteroatoms. The number of amides is 2. The molecule has 3 aromatic rings. The van der Waals surface area contributed by atoms with Gasteiger partial charge in [-0.05, 0) is 66.0 Å². The van der Waals surface area contributed by atoms with E-state index in [9.17, 15) is 28.2 Å². The second kappa shape index (κ2) is 18.4. The molecular weight excluding hydrogens is 687 g/mol. The Labute approximate surface area is 306 Å². The lowest BCUT2D eigenvalue weighted by Crippen LogP contribution is -2.59. The van der Waals surface area contributed by atoms with Crippen LogP contribution in [-0.2, 0) is 39.1 Å². The van der Waals surface area contributed by atoms with Crippen LogP contribution in [0.5, 0.6) is 0 Å². The minimum Gasteiger partial charge on any atom is -0.465 e. The van der Waals surface area contributed by atoms with E-state index in [1.165, 1.54) is 41.9 Å². The lowest BCUT2D eigenvalue weighted by atomic mass is 9.84. The van der Waals surface area contributed by atoms with Crippen molar-refractivity contribution in [2.24, 2.45) is 16.5 Å². The summed E-state index contributed by atoms with van der Waals surface area (Å²) >= 11 is 0. The number of benzene rings is 2. The predicted molar refractivity (Wildman–Crippen MR) is 196 cm³/mol. The molecule has 282 valence electrons. The molecule has 0 spiro atoms. The molecule has 4 rings (SSSR count). The van der Waals surface area contributed by atoms with Gasteiger partial charge in [0.2, 0.25) is 15.9 Å². The summed E-state index contributed by atoms with van der Waals surface area (Å²) in [6.45, 7) is 5.23. The van der Waals surface area contributed by atoms with E-state index in [0.29, 0.717) is 17.0 Å². The van der Waals surface area contributed by atoms with Crippen molar-refractivity contribution in [2.45, 2.75) is 89.1 Å². The molecule has 52 heavy (non-hydrogen) atoms. The SMILES string of the molecule is COCc1cccc(CN(C(=O)O)[C@H](C(=O)N[C@@H](Cc2ccccc2)[C@H](O)CN(CC2CCCC2)S(=O)(=O)c2ccc(/C=N/O)cc2)C(C)(C)C)n1. The number of rotatable bonds is 17. The van der Waals surface area contributed by atoms with E-state index >= 15 is 0 Å². The van der Waals surface area contributed by atoms with Crippen molar-refractivity contribution in [1.29, 1.82) is 0 Å². The molecule has 0 unspecified atom stereocenters. The Bertz CT molecular complexity index is 1740. The number of ether oxygens (including phenoxy) is 1. The maximum Gasteiger partial charge on any atom is 0.408 e. The standard InChI is InChI=1S/C38H51N5O8S/c1-38(2,3)35(43(37(46)47)24-30-15-10-16-31(40-30)26-51-4)36(45)41-33(21-27-11-6-5-7-12-27)34(44)25-42(23-29-13-8-9-14-29)52(49,50)32-19-17-28(18-20-32)22-39-48/h5-7,10-12,15-20,22,29,33-35,44,48H,8-9,13-14,21,23-26H2,1-4H3,(H,41,45)(H,46,47)/b39-22+/t33-,34+,35+/m0/s1. The number of nitrogens with zero attached hydrogens (tertiary/aromatic N) is 4. The van der Waals surface area contributed by atoms with Crippen molar-refractivity contribution >= 4 is 28.2 Å². The van der Waals surface area contributed by atoms with Crippen LogP contribution in [-0.4, -0.2) is 94.6 Å². The zero-order chi connectivity index (χ0) is 37.9. The van der Waals surface area contributed by atoms with Gasteiger partial charge in [0.25, 0.3) is 0 Å². The summed E-state index contributed by atoms with van der Waals surface area (Å²) in [6.07, 6.45) is 2.36. The molecule has 2 aromatic carbocycles. The molecule has 1 fully saturated rings. The molecule has 1 aromatic heterocycles. The maximum atomic E-state index is 14.3. The largest absolute Gasteiger partial charge is 0.465 e. The number of carbonyl (C=O) groups excluding carboxylic acids is 1. The molecule has 1 aliphatic carbocycles. The summed E-state index contributed by atoms with van der Waals surface area (Å²) in [5, 5.41) is 37.2. The third-order valence-electron chi connectivity index (χ3n) is 9.26. The molecule has 13 nitrogen and oxygen atoms in total. The van der Waals surface area contributed by atoms with Gasteiger partial charge in [-0.3, -0.25) is 14.7 Å². The molecule has 1 heterocycles. The highest BCUT2D eigenvalue weighted by Crippen LogP contribution is 2.30. The van der Waals surface area contributed by atoms with E-state index in [-0.39, 0.29) is 43.5 Å². The molecule has 1 aliphatic rings. The van der Waals surface area contributed by atoms with E-state index in [4.69, 9.17) is 9.94 Å². The number of oxime groups is 1. The Morgan fingerprint density at radius 1 is 1.02 bits per heavy atom. The van der Waals surface area contributed by atoms with Gasteiger partial charge in [0.05, 0.1) is 47.8 Å². The number of aliphatic hydroxyl groups is 1. The molecule has 3 atom stereocenters. The highest BCUT2D eigenvalue weighted by atomic mass is 32.2. The molecule has 1 saturated carbocycles. The summed E-state index contributed by atoms with van der Waals surface area (Å²) in [7, 11) is -2.57. The summed E-state index contributed by atoms with van der Waals surface area (Å²) < 4.78 is 34.7. The molecular formula is C38H51N5O8S. The Morgan fingerprint density at radius 3 is 2.27 bits per heavy atom. The fourth-order valence-electron chi connectivity index (χ4n) is 6.73. The molecule has 0 saturated heterocycles. The fraction of sp³-hybridized carbons (Fsp3) is 0.474. The predicted octanol–water partition coefficient (Wildman–Crippen LogP) is 4.90. The lowest BCUT2D eigenvalue weighted by molar-refractivity contribution is -0.131. The number of hydrogen-bond acceptors (Lipinski definition) is 9. The van der Waals surface area contributed by atoms with Crippen molar-refractivity contribution in [3.63, 3.8) is 0 Å². The maximum absolute atomic E-state index is 14.3. The van der Waals surface area contributed by atoms with Crippen molar-refractivity contribution in [2.75, 3.05) is 20.2 Å². The lowest BCUT2D eigenvalue weighted by Gasteiger charge is -2.39. The number of carbonyl (C=O) groups is 2. The van der Waals surface area contributed by atoms with E-state index in [0.717, 1.165) is 36.1 Å². The average molecular weight is 738 g/mol. The summed E-state index contributed by atoms with van der Waals surface area (Å²) in [4.78, 5) is 32.7. The van der Waals surface area contributed by atoms with E-state index in [1.807, 2.05) is 30.3 Å². The Kier molecular flexibility index (Phi) is 14.3. The molecule has 0 radical (unpaired) electrons. The molecule has 2 amide bonds. The number of pyridine rings is 1. The second-order valence-electron chi connectivity index (χ2n) is 14.4. The highest BCUT2D eigenvalue weighted by molar-refractivity contribution is 7.89. The number of carboxylic acid groups (broad SMARTS) is 1. The minimum absolute atomic E-state index is 0.0181. The summed E-state index contributed by atoms with van der Waals surface area (Å²) in [5.74, 6) is -0.524. The molecule has 4 N–H and O–H groups in total. The van der Waals surface area contributed by atoms with Crippen LogP contribution in [0, 0.1) is 11.3 Å². The third kappa shape index (κ3) is 11.1. The summed E-state index contributed by atoms with van der Waals surface area (Å²) in [5.41, 5.74) is 1.46. The van der Waals surface area contributed by atoms with Gasteiger partial charge in [0.15, 0.2) is 0 Å². The average Bonchev–Trinajstić information content (AvgIpc) is 3.61. The van der Waals surface area contributed by atoms with Crippen LogP contribution in [0.15, 0.2) is 82.8 Å². The van der Waals surface area contributed by atoms with E-state index in [2.05, 4.69) is 15.5 Å². The Balaban J connectivity index is 1.66. The van der Waals surface area contributed by atoms with Gasteiger partial charge in [0, 0.05) is 20.2 Å². The van der Waals surface area contributed by atoms with Crippen molar-refractivity contribution in [3.05, 3.63) is 95.3 Å². The number of hydrogen-bond donors (Lipinski definition) is 4. The van der Waals surface area contributed by atoms with Crippen molar-refractivity contribution in [3.8, 4) is 0 Å². The Morgan fingerprint density at radius 2 is 1.67 bits per heavy atom. The first-order valence-corrected chi connectivity index (χ1v) is 18.9. The van der Waals surface area contributed by atoms with Crippen molar-refractivity contribution in [1.82, 2.24) is 19.5 Å². The first kappa shape index (κ1) is 40.4. The van der Waals surface area contributed by atoms with Crippen LogP contribution < -0.4 is 5.32 Å². The van der Waals surface area contributed by atoms with Gasteiger partial charge in [-0.15, -0.1) is 0 Å². The first-order chi connectivity index (χ1) is 24.7. The monoisotopic (exact) mass is 737 g/mol. The minimum atomic E-state index is -4.10. The van der Waals surface area contributed by atoms with Gasteiger partial charge >= 0.3 is 6.09 Å². The second-order valence-corrected chi connectivity index (χ2v) is 16.3. The van der Waals surface area contributed by atoms with Gasteiger partial charge < -0.3 is 25.5 Å². The smallest absolute Gasteiger partial charge is 0.408 e. The topological polar surface area (TPSA) is 182 Å². The number of aliphatic hydroxyl groups excluding tert-OH is 1. The van der Waals surface area contributed by atoms with Crippen LogP contribution >= 0.6 is 0 Å². The number of methoxy groups -OCH3 is 1. The van der Waals surface area contributed by atoms with E-state index in [1.54, 1.807) is 39.0 Å². The number of aromatic nitrogens is 1. The first-order valence-electron chi connectivity index (χ1n) is 17.5. The van der Waals surface area contributed by atoms with Crippen LogP contribution in [0.3, 0.4) is 0 Å². The fourth-order valence-corrected chi connectivity index (χ4v) is 8.27. The molecule has 0 bridgehead atoms. The normalized spacial score (nSPS) is 15.8. The van der Waals surface area contributed by atoms with Crippen LogP contribution in [0.2, 0.25) is 0 Å². The molecule has 0 aliphatic heterocycles. The van der Waals surface area contributed by atoms with Gasteiger partial charge in [-0.2, -0.15) is 4.31 Å². The zero-order valence-corrected chi connectivity index (χ0v) is 31.1. The Hall–Kier alpha value is -4.37. The van der Waals surface area contributed by atoms with Gasteiger partial charge in [-0.1, -0.05) is 87.3 Å². The quantitative estimate of drug-likeness (QED) is 0.0851. The third-order valence-corrected chi connectivity index (χ3v) is 11.1. The van der Waals surface area contributed by atoms with Crippen LogP contribution in [0.4, 0.5) is 4.79 Å². The number of sulfonamides is 1. The zero-order valence-electron chi connectivity index (χ0n) is 30.3.